The highest BCUT2D eigenvalue weighted by Crippen LogP contribution is 2.19. The number of likely N-dealkylation sites (tertiary alicyclic amines) is 1. The second-order valence-corrected chi connectivity index (χ2v) is 6.82. The molecule has 0 bridgehead atoms. The van der Waals surface area contributed by atoms with E-state index < -0.39 is 6.04 Å². The molecule has 0 spiro atoms. The summed E-state index contributed by atoms with van der Waals surface area (Å²) >= 11 is 0. The van der Waals surface area contributed by atoms with Gasteiger partial charge in [-0.1, -0.05) is 44.2 Å². The zero-order valence-electron chi connectivity index (χ0n) is 15.4. The molecule has 2 amide bonds. The second-order valence-electron chi connectivity index (χ2n) is 6.82. The van der Waals surface area contributed by atoms with Crippen molar-refractivity contribution in [2.45, 2.75) is 45.9 Å². The van der Waals surface area contributed by atoms with E-state index in [1.165, 1.54) is 0 Å². The van der Waals surface area contributed by atoms with Gasteiger partial charge in [-0.05, 0) is 24.8 Å². The summed E-state index contributed by atoms with van der Waals surface area (Å²) in [6, 6.07) is 9.10. The van der Waals surface area contributed by atoms with Gasteiger partial charge in [-0.2, -0.15) is 0 Å². The van der Waals surface area contributed by atoms with Crippen LogP contribution in [0.4, 0.5) is 4.79 Å². The van der Waals surface area contributed by atoms with Crippen LogP contribution in [0, 0.1) is 5.92 Å². The molecule has 0 aliphatic carbocycles. The van der Waals surface area contributed by atoms with E-state index in [1.54, 1.807) is 9.80 Å². The van der Waals surface area contributed by atoms with Crippen molar-refractivity contribution in [2.75, 3.05) is 19.6 Å². The third kappa shape index (κ3) is 4.95. The number of likely N-dealkylation sites (N-methyl/N-ethyl adjacent to an activating group) is 1. The van der Waals surface area contributed by atoms with Gasteiger partial charge in [0.25, 0.3) is 0 Å². The van der Waals surface area contributed by atoms with Gasteiger partial charge in [-0.3, -0.25) is 4.79 Å². The molecule has 1 saturated heterocycles. The maximum atomic E-state index is 12.4. The Hall–Kier alpha value is -2.08. The lowest BCUT2D eigenvalue weighted by Crippen LogP contribution is -2.47. The fraction of sp³-hybridized carbons (Fsp3) is 0.579. The van der Waals surface area contributed by atoms with E-state index in [9.17, 15) is 9.59 Å². The first-order valence-corrected chi connectivity index (χ1v) is 8.95. The van der Waals surface area contributed by atoms with Crippen LogP contribution in [-0.2, 0) is 16.1 Å². The highest BCUT2D eigenvalue weighted by molar-refractivity contribution is 5.82. The molecule has 2 rings (SSSR count). The Bertz CT molecular complexity index is 577. The lowest BCUT2D eigenvalue weighted by molar-refractivity contribution is -0.132. The summed E-state index contributed by atoms with van der Waals surface area (Å²) in [5.41, 5.74) is 6.93. The van der Waals surface area contributed by atoms with Crippen LogP contribution in [0.2, 0.25) is 0 Å². The number of carbonyl (C=O) groups is 2. The normalized spacial score (nSPS) is 18.3. The second kappa shape index (κ2) is 8.85. The molecule has 1 aromatic carbocycles. The highest BCUT2D eigenvalue weighted by Gasteiger charge is 2.35. The summed E-state index contributed by atoms with van der Waals surface area (Å²) in [5, 5.41) is 0. The number of amides is 2. The van der Waals surface area contributed by atoms with Crippen molar-refractivity contribution in [3.63, 3.8) is 0 Å². The molecule has 1 heterocycles. The van der Waals surface area contributed by atoms with Crippen molar-refractivity contribution in [3.05, 3.63) is 35.9 Å². The Labute approximate surface area is 149 Å². The number of ether oxygens (including phenoxy) is 1. The van der Waals surface area contributed by atoms with E-state index in [0.29, 0.717) is 19.6 Å². The molecule has 2 N–H and O–H groups in total. The third-order valence-corrected chi connectivity index (χ3v) is 4.70. The Kier molecular flexibility index (Phi) is 6.82. The molecule has 1 aliphatic rings. The molecule has 6 heteroatoms. The van der Waals surface area contributed by atoms with Crippen molar-refractivity contribution in [1.82, 2.24) is 9.80 Å². The van der Waals surface area contributed by atoms with Crippen molar-refractivity contribution in [3.8, 4) is 0 Å². The maximum absolute atomic E-state index is 12.4. The van der Waals surface area contributed by atoms with Crippen LogP contribution in [-0.4, -0.2) is 53.5 Å². The molecule has 0 unspecified atom stereocenters. The molecule has 2 atom stereocenters. The molecule has 1 aliphatic heterocycles. The van der Waals surface area contributed by atoms with E-state index >= 15 is 0 Å². The zero-order valence-corrected chi connectivity index (χ0v) is 15.4. The van der Waals surface area contributed by atoms with Gasteiger partial charge >= 0.3 is 6.09 Å². The Morgan fingerprint density at radius 1 is 1.32 bits per heavy atom. The number of hydrogen-bond acceptors (Lipinski definition) is 4. The molecular weight excluding hydrogens is 318 g/mol. The molecule has 0 aromatic heterocycles. The van der Waals surface area contributed by atoms with Gasteiger partial charge in [0, 0.05) is 19.6 Å². The van der Waals surface area contributed by atoms with Gasteiger partial charge in [0.1, 0.15) is 6.61 Å². The minimum Gasteiger partial charge on any atom is -0.445 e. The zero-order chi connectivity index (χ0) is 18.4. The number of nitrogens with two attached hydrogens (primary N) is 1. The maximum Gasteiger partial charge on any atom is 0.410 e. The third-order valence-electron chi connectivity index (χ3n) is 4.70. The Morgan fingerprint density at radius 2 is 2.00 bits per heavy atom. The van der Waals surface area contributed by atoms with Crippen LogP contribution in [0.3, 0.4) is 0 Å². The smallest absolute Gasteiger partial charge is 0.410 e. The van der Waals surface area contributed by atoms with Crippen molar-refractivity contribution in [2.24, 2.45) is 11.7 Å². The first-order chi connectivity index (χ1) is 11.9. The first-order valence-electron chi connectivity index (χ1n) is 8.95. The number of nitrogens with zero attached hydrogens (tertiary/aromatic N) is 2. The molecule has 6 nitrogen and oxygen atoms in total. The highest BCUT2D eigenvalue weighted by atomic mass is 16.6. The van der Waals surface area contributed by atoms with Gasteiger partial charge in [-0.25, -0.2) is 4.79 Å². The first kappa shape index (κ1) is 19.2. The average molecular weight is 347 g/mol. The SMILES string of the molecule is CCN(C(=O)OCc1ccccc1)[C@H]1CCN(C(=O)[C@@H](N)C(C)C)C1. The Morgan fingerprint density at radius 3 is 2.60 bits per heavy atom. The van der Waals surface area contributed by atoms with Crippen LogP contribution in [0.25, 0.3) is 0 Å². The summed E-state index contributed by atoms with van der Waals surface area (Å²) in [4.78, 5) is 28.3. The summed E-state index contributed by atoms with van der Waals surface area (Å²) in [6.45, 7) is 7.76. The van der Waals surface area contributed by atoms with Crippen LogP contribution in [0.1, 0.15) is 32.8 Å². The summed E-state index contributed by atoms with van der Waals surface area (Å²) in [7, 11) is 0. The van der Waals surface area contributed by atoms with Crippen LogP contribution in [0.15, 0.2) is 30.3 Å². The average Bonchev–Trinajstić information content (AvgIpc) is 3.09. The molecule has 25 heavy (non-hydrogen) atoms. The summed E-state index contributed by atoms with van der Waals surface area (Å²) < 4.78 is 5.43. The standard InChI is InChI=1S/C19H29N3O3/c1-4-22(19(24)25-13-15-8-6-5-7-9-15)16-10-11-21(12-16)18(23)17(20)14(2)3/h5-9,14,16-17H,4,10-13,20H2,1-3H3/t16-,17-/m0/s1. The lowest BCUT2D eigenvalue weighted by atomic mass is 10.0. The largest absolute Gasteiger partial charge is 0.445 e. The van der Waals surface area contributed by atoms with Crippen LogP contribution >= 0.6 is 0 Å². The number of benzene rings is 1. The van der Waals surface area contributed by atoms with Gasteiger partial charge in [0.15, 0.2) is 0 Å². The molecule has 1 aromatic rings. The number of carbonyl (C=O) groups excluding carboxylic acids is 2. The van der Waals surface area contributed by atoms with E-state index in [2.05, 4.69) is 0 Å². The Balaban J connectivity index is 1.90. The van der Waals surface area contributed by atoms with E-state index in [1.807, 2.05) is 51.1 Å². The van der Waals surface area contributed by atoms with Gasteiger partial charge in [-0.15, -0.1) is 0 Å². The predicted octanol–water partition coefficient (Wildman–Crippen LogP) is 2.23. The van der Waals surface area contributed by atoms with Gasteiger partial charge in [0.05, 0.1) is 12.1 Å². The van der Waals surface area contributed by atoms with Crippen molar-refractivity contribution >= 4 is 12.0 Å². The molecule has 138 valence electrons. The molecular formula is C19H29N3O3. The van der Waals surface area contributed by atoms with Crippen LogP contribution in [0.5, 0.6) is 0 Å². The van der Waals surface area contributed by atoms with Crippen LogP contribution < -0.4 is 5.73 Å². The fourth-order valence-corrected chi connectivity index (χ4v) is 3.03. The predicted molar refractivity (Wildman–Crippen MR) is 96.8 cm³/mol. The summed E-state index contributed by atoms with van der Waals surface area (Å²) in [5.74, 6) is 0.0656. The monoisotopic (exact) mass is 347 g/mol. The van der Waals surface area contributed by atoms with Crippen molar-refractivity contribution in [1.29, 1.82) is 0 Å². The van der Waals surface area contributed by atoms with E-state index in [0.717, 1.165) is 12.0 Å². The van der Waals surface area contributed by atoms with E-state index in [-0.39, 0.29) is 30.6 Å². The fourth-order valence-electron chi connectivity index (χ4n) is 3.03. The van der Waals surface area contributed by atoms with E-state index in [4.69, 9.17) is 10.5 Å². The topological polar surface area (TPSA) is 75.9 Å². The number of rotatable bonds is 6. The quantitative estimate of drug-likeness (QED) is 0.856. The minimum absolute atomic E-state index is 0.0171. The molecule has 1 fully saturated rings. The van der Waals surface area contributed by atoms with Gasteiger partial charge in [0.2, 0.25) is 5.91 Å². The summed E-state index contributed by atoms with van der Waals surface area (Å²) in [6.07, 6.45) is 0.420. The van der Waals surface area contributed by atoms with Crippen molar-refractivity contribution < 1.29 is 14.3 Å². The lowest BCUT2D eigenvalue weighted by Gasteiger charge is -2.28. The number of hydrogen-bond donors (Lipinski definition) is 1. The minimum atomic E-state index is -0.487. The molecule has 0 saturated carbocycles. The van der Waals surface area contributed by atoms with Gasteiger partial charge < -0.3 is 20.3 Å². The molecule has 0 radical (unpaired) electrons.